The van der Waals surface area contributed by atoms with E-state index in [2.05, 4.69) is 6.92 Å². The van der Waals surface area contributed by atoms with E-state index >= 15 is 0 Å². The third kappa shape index (κ3) is 15.6. The van der Waals surface area contributed by atoms with Crippen molar-refractivity contribution in [2.45, 2.75) is 103 Å². The molecule has 1 atom stereocenters. The second-order valence-electron chi connectivity index (χ2n) is 5.97. The molecule has 0 aromatic rings. The van der Waals surface area contributed by atoms with E-state index in [1.165, 1.54) is 38.5 Å². The summed E-state index contributed by atoms with van der Waals surface area (Å²) in [6, 6.07) is 0. The fraction of sp³-hybridized carbons (Fsp3) is 0.944. The zero-order chi connectivity index (χ0) is 15.8. The molecule has 21 heavy (non-hydrogen) atoms. The van der Waals surface area contributed by atoms with Crippen molar-refractivity contribution in [3.63, 3.8) is 0 Å². The van der Waals surface area contributed by atoms with Gasteiger partial charge in [-0.15, -0.1) is 0 Å². The van der Waals surface area contributed by atoms with E-state index in [0.717, 1.165) is 38.5 Å². The highest BCUT2D eigenvalue weighted by atomic mass is 16.5. The first-order valence-corrected chi connectivity index (χ1v) is 9.04. The van der Waals surface area contributed by atoms with Crippen LogP contribution in [0.25, 0.3) is 0 Å². The molecule has 0 aliphatic rings. The van der Waals surface area contributed by atoms with E-state index in [-0.39, 0.29) is 12.1 Å². The number of ether oxygens (including phenoxy) is 1. The van der Waals surface area contributed by atoms with Crippen LogP contribution in [-0.2, 0) is 9.53 Å². The van der Waals surface area contributed by atoms with Crippen molar-refractivity contribution in [1.29, 1.82) is 0 Å². The van der Waals surface area contributed by atoms with E-state index in [4.69, 9.17) is 4.74 Å². The highest BCUT2D eigenvalue weighted by Crippen LogP contribution is 2.13. The number of unbranched alkanes of at least 4 members (excludes halogenated alkanes) is 8. The summed E-state index contributed by atoms with van der Waals surface area (Å²) < 4.78 is 4.90. The highest BCUT2D eigenvalue weighted by Gasteiger charge is 2.03. The third-order valence-electron chi connectivity index (χ3n) is 3.86. The molecule has 0 saturated heterocycles. The van der Waals surface area contributed by atoms with E-state index in [1.54, 1.807) is 0 Å². The van der Waals surface area contributed by atoms with Crippen molar-refractivity contribution in [1.82, 2.24) is 0 Å². The van der Waals surface area contributed by atoms with E-state index < -0.39 is 0 Å². The van der Waals surface area contributed by atoms with Gasteiger partial charge in [0.2, 0.25) is 0 Å². The van der Waals surface area contributed by atoms with Crippen molar-refractivity contribution in [3.8, 4) is 0 Å². The quantitative estimate of drug-likeness (QED) is 0.342. The topological polar surface area (TPSA) is 46.5 Å². The van der Waals surface area contributed by atoms with Crippen LogP contribution in [0.3, 0.4) is 0 Å². The Labute approximate surface area is 131 Å². The molecule has 3 nitrogen and oxygen atoms in total. The Balaban J connectivity index is 3.16. The number of carbonyl (C=O) groups is 1. The molecule has 1 N–H and O–H groups in total. The molecule has 0 bridgehead atoms. The Morgan fingerprint density at radius 2 is 1.38 bits per heavy atom. The van der Waals surface area contributed by atoms with Crippen LogP contribution in [0.1, 0.15) is 97.3 Å². The molecule has 0 radical (unpaired) electrons. The van der Waals surface area contributed by atoms with Crippen molar-refractivity contribution >= 4 is 5.97 Å². The lowest BCUT2D eigenvalue weighted by Gasteiger charge is -2.09. The van der Waals surface area contributed by atoms with Gasteiger partial charge in [0.1, 0.15) is 0 Å². The maximum atomic E-state index is 11.1. The van der Waals surface area contributed by atoms with Gasteiger partial charge in [0, 0.05) is 6.42 Å². The van der Waals surface area contributed by atoms with Gasteiger partial charge in [-0.05, 0) is 26.2 Å². The number of esters is 1. The number of aliphatic hydroxyl groups is 1. The third-order valence-corrected chi connectivity index (χ3v) is 3.86. The molecule has 0 aliphatic heterocycles. The Hall–Kier alpha value is -0.570. The smallest absolute Gasteiger partial charge is 0.305 e. The minimum absolute atomic E-state index is 0.0606. The predicted octanol–water partition coefficient (Wildman–Crippen LogP) is 5.00. The summed E-state index contributed by atoms with van der Waals surface area (Å²) in [5.74, 6) is -0.0606. The fourth-order valence-corrected chi connectivity index (χ4v) is 2.54. The van der Waals surface area contributed by atoms with Crippen LogP contribution < -0.4 is 0 Å². The molecule has 0 saturated carbocycles. The van der Waals surface area contributed by atoms with E-state index in [9.17, 15) is 9.90 Å². The number of hydrogen-bond donors (Lipinski definition) is 1. The monoisotopic (exact) mass is 300 g/mol. The minimum atomic E-state index is -0.0823. The molecule has 126 valence electrons. The molecule has 0 unspecified atom stereocenters. The number of carbonyl (C=O) groups excluding carboxylic acids is 1. The first kappa shape index (κ1) is 20.4. The van der Waals surface area contributed by atoms with E-state index in [1.807, 2.05) is 6.92 Å². The van der Waals surface area contributed by atoms with Gasteiger partial charge in [-0.1, -0.05) is 64.7 Å². The van der Waals surface area contributed by atoms with Crippen molar-refractivity contribution in [3.05, 3.63) is 0 Å². The largest absolute Gasteiger partial charge is 0.466 e. The van der Waals surface area contributed by atoms with Crippen molar-refractivity contribution < 1.29 is 14.6 Å². The first-order chi connectivity index (χ1) is 10.2. The van der Waals surface area contributed by atoms with E-state index in [0.29, 0.717) is 13.0 Å². The molecular weight excluding hydrogens is 264 g/mol. The van der Waals surface area contributed by atoms with Gasteiger partial charge in [-0.3, -0.25) is 4.79 Å². The Morgan fingerprint density at radius 3 is 1.95 bits per heavy atom. The molecule has 0 aromatic carbocycles. The van der Waals surface area contributed by atoms with Gasteiger partial charge in [-0.2, -0.15) is 0 Å². The molecule has 0 aromatic heterocycles. The second kappa shape index (κ2) is 15.8. The summed E-state index contributed by atoms with van der Waals surface area (Å²) in [5.41, 5.74) is 0. The van der Waals surface area contributed by atoms with Crippen LogP contribution in [0.2, 0.25) is 0 Å². The van der Waals surface area contributed by atoms with Gasteiger partial charge >= 0.3 is 5.97 Å². The minimum Gasteiger partial charge on any atom is -0.466 e. The molecule has 0 spiro atoms. The average Bonchev–Trinajstić information content (AvgIpc) is 2.46. The van der Waals surface area contributed by atoms with Crippen LogP contribution in [-0.4, -0.2) is 23.8 Å². The summed E-state index contributed by atoms with van der Waals surface area (Å²) in [6.45, 7) is 4.53. The van der Waals surface area contributed by atoms with Gasteiger partial charge < -0.3 is 9.84 Å². The number of rotatable bonds is 15. The Kier molecular flexibility index (Phi) is 15.4. The highest BCUT2D eigenvalue weighted by molar-refractivity contribution is 5.69. The lowest BCUT2D eigenvalue weighted by atomic mass is 10.0. The van der Waals surface area contributed by atoms with Crippen LogP contribution in [0, 0.1) is 0 Å². The molecule has 0 aliphatic carbocycles. The predicted molar refractivity (Wildman–Crippen MR) is 88.3 cm³/mol. The normalized spacial score (nSPS) is 12.3. The van der Waals surface area contributed by atoms with Crippen molar-refractivity contribution in [2.24, 2.45) is 0 Å². The summed E-state index contributed by atoms with van der Waals surface area (Å²) in [6.07, 6.45) is 14.2. The average molecular weight is 300 g/mol. The zero-order valence-electron chi connectivity index (χ0n) is 14.2. The number of aliphatic hydroxyl groups excluding tert-OH is 1. The molecule has 0 heterocycles. The lowest BCUT2D eigenvalue weighted by Crippen LogP contribution is -2.05. The first-order valence-electron chi connectivity index (χ1n) is 9.04. The van der Waals surface area contributed by atoms with Crippen LogP contribution in [0.15, 0.2) is 0 Å². The maximum absolute atomic E-state index is 11.1. The Bertz CT molecular complexity index is 229. The summed E-state index contributed by atoms with van der Waals surface area (Å²) in [7, 11) is 0. The summed E-state index contributed by atoms with van der Waals surface area (Å²) >= 11 is 0. The van der Waals surface area contributed by atoms with Gasteiger partial charge in [0.15, 0.2) is 0 Å². The molecule has 0 rings (SSSR count). The molecule has 3 heteroatoms. The lowest BCUT2D eigenvalue weighted by molar-refractivity contribution is -0.143. The molecule has 0 amide bonds. The SMILES string of the molecule is CCCCC[C@H](O)CCCCCCCCCC(=O)OCC. The standard InChI is InChI=1S/C18H36O3/c1-3-5-11-14-17(19)15-12-9-7-6-8-10-13-16-18(20)21-4-2/h17,19H,3-16H2,1-2H3/t17-/m0/s1. The molecular formula is C18H36O3. The molecule has 0 fully saturated rings. The summed E-state index contributed by atoms with van der Waals surface area (Å²) in [5, 5.41) is 9.80. The second-order valence-corrected chi connectivity index (χ2v) is 5.97. The van der Waals surface area contributed by atoms with Crippen LogP contribution in [0.5, 0.6) is 0 Å². The van der Waals surface area contributed by atoms with Crippen molar-refractivity contribution in [2.75, 3.05) is 6.61 Å². The summed E-state index contributed by atoms with van der Waals surface area (Å²) in [4.78, 5) is 11.1. The van der Waals surface area contributed by atoms with Gasteiger partial charge in [-0.25, -0.2) is 0 Å². The van der Waals surface area contributed by atoms with Gasteiger partial charge in [0.05, 0.1) is 12.7 Å². The van der Waals surface area contributed by atoms with Gasteiger partial charge in [0.25, 0.3) is 0 Å². The van der Waals surface area contributed by atoms with Crippen LogP contribution in [0.4, 0.5) is 0 Å². The Morgan fingerprint density at radius 1 is 0.857 bits per heavy atom. The zero-order valence-corrected chi connectivity index (χ0v) is 14.2. The maximum Gasteiger partial charge on any atom is 0.305 e. The fourth-order valence-electron chi connectivity index (χ4n) is 2.54. The number of hydrogen-bond acceptors (Lipinski definition) is 3. The van der Waals surface area contributed by atoms with Crippen LogP contribution >= 0.6 is 0 Å².